The zero-order chi connectivity index (χ0) is 15.1. The molecule has 3 heteroatoms. The van der Waals surface area contributed by atoms with Gasteiger partial charge in [-0.15, -0.1) is 0 Å². The van der Waals surface area contributed by atoms with Gasteiger partial charge in [0.1, 0.15) is 5.75 Å². The molecule has 116 valence electrons. The number of carbonyl (C=O) groups excluding carboxylic acids is 1. The molecule has 0 bridgehead atoms. The minimum Gasteiger partial charge on any atom is -0.484 e. The van der Waals surface area contributed by atoms with Gasteiger partial charge >= 0.3 is 0 Å². The number of carbonyl (C=O) groups is 1. The first-order valence-electron chi connectivity index (χ1n) is 8.17. The molecular weight excluding hydrogens is 262 g/mol. The molecule has 1 amide bonds. The molecule has 2 rings (SSSR count). The van der Waals surface area contributed by atoms with Gasteiger partial charge in [-0.2, -0.15) is 0 Å². The summed E-state index contributed by atoms with van der Waals surface area (Å²) in [6.45, 7) is 4.41. The number of hydrogen-bond acceptors (Lipinski definition) is 2. The lowest BCUT2D eigenvalue weighted by molar-refractivity contribution is -0.123. The third kappa shape index (κ3) is 5.41. The third-order valence-electron chi connectivity index (χ3n) is 4.11. The highest BCUT2D eigenvalue weighted by Crippen LogP contribution is 2.20. The summed E-state index contributed by atoms with van der Waals surface area (Å²) in [5, 5.41) is 3.10. The van der Waals surface area contributed by atoms with Crippen LogP contribution in [0.5, 0.6) is 5.75 Å². The summed E-state index contributed by atoms with van der Waals surface area (Å²) in [4.78, 5) is 12.0. The zero-order valence-electron chi connectivity index (χ0n) is 13.2. The van der Waals surface area contributed by atoms with E-state index in [9.17, 15) is 4.79 Å². The lowest BCUT2D eigenvalue weighted by Crippen LogP contribution is -2.37. The van der Waals surface area contributed by atoms with Crippen molar-refractivity contribution in [3.8, 4) is 5.75 Å². The minimum atomic E-state index is -0.00292. The number of ether oxygens (including phenoxy) is 1. The molecule has 1 aromatic carbocycles. The van der Waals surface area contributed by atoms with E-state index in [1.54, 1.807) is 0 Å². The summed E-state index contributed by atoms with van der Waals surface area (Å²) in [6.07, 6.45) is 7.25. The first kappa shape index (κ1) is 15.9. The van der Waals surface area contributed by atoms with Crippen LogP contribution in [-0.2, 0) is 4.79 Å². The molecule has 0 unspecified atom stereocenters. The number of nitrogens with one attached hydrogen (secondary N) is 1. The summed E-state index contributed by atoms with van der Waals surface area (Å²) >= 11 is 0. The van der Waals surface area contributed by atoms with Gasteiger partial charge in [-0.3, -0.25) is 4.79 Å². The van der Waals surface area contributed by atoms with Crippen molar-refractivity contribution in [2.45, 2.75) is 64.3 Å². The lowest BCUT2D eigenvalue weighted by Gasteiger charge is -2.16. The Morgan fingerprint density at radius 3 is 2.62 bits per heavy atom. The van der Waals surface area contributed by atoms with E-state index in [0.29, 0.717) is 12.0 Å². The highest BCUT2D eigenvalue weighted by Gasteiger charge is 2.14. The fourth-order valence-electron chi connectivity index (χ4n) is 2.81. The minimum absolute atomic E-state index is 0.00292. The van der Waals surface area contributed by atoms with Crippen LogP contribution >= 0.6 is 0 Å². The number of benzene rings is 1. The summed E-state index contributed by atoms with van der Waals surface area (Å²) in [5.74, 6) is 1.24. The number of hydrogen-bond donors (Lipinski definition) is 1. The van der Waals surface area contributed by atoms with E-state index >= 15 is 0 Å². The van der Waals surface area contributed by atoms with Crippen LogP contribution < -0.4 is 10.1 Å². The second kappa shape index (κ2) is 8.06. The average Bonchev–Trinajstić information content (AvgIpc) is 2.74. The maximum absolute atomic E-state index is 12.0. The van der Waals surface area contributed by atoms with E-state index in [4.69, 9.17) is 4.74 Å². The molecule has 1 aliphatic carbocycles. The van der Waals surface area contributed by atoms with Crippen LogP contribution in [0.25, 0.3) is 0 Å². The molecule has 3 nitrogen and oxygen atoms in total. The van der Waals surface area contributed by atoms with Crippen molar-refractivity contribution in [3.05, 3.63) is 29.8 Å². The second-order valence-corrected chi connectivity index (χ2v) is 6.27. The second-order valence-electron chi connectivity index (χ2n) is 6.27. The van der Waals surface area contributed by atoms with Gasteiger partial charge in [0.2, 0.25) is 0 Å². The van der Waals surface area contributed by atoms with Crippen molar-refractivity contribution >= 4 is 5.91 Å². The van der Waals surface area contributed by atoms with E-state index in [2.05, 4.69) is 25.2 Å². The molecule has 1 aromatic rings. The van der Waals surface area contributed by atoms with Crippen molar-refractivity contribution in [2.24, 2.45) is 0 Å². The van der Waals surface area contributed by atoms with Crippen LogP contribution in [0.1, 0.15) is 63.9 Å². The van der Waals surface area contributed by atoms with Crippen molar-refractivity contribution in [1.29, 1.82) is 0 Å². The van der Waals surface area contributed by atoms with Gasteiger partial charge in [-0.05, 0) is 36.5 Å². The number of amides is 1. The Morgan fingerprint density at radius 2 is 1.95 bits per heavy atom. The van der Waals surface area contributed by atoms with Crippen LogP contribution in [0.3, 0.4) is 0 Å². The quantitative estimate of drug-likeness (QED) is 0.831. The van der Waals surface area contributed by atoms with E-state index in [0.717, 1.165) is 18.6 Å². The molecule has 0 aromatic heterocycles. The van der Waals surface area contributed by atoms with Crippen molar-refractivity contribution in [1.82, 2.24) is 5.32 Å². The monoisotopic (exact) mass is 289 g/mol. The van der Waals surface area contributed by atoms with Gasteiger partial charge in [0, 0.05) is 6.04 Å². The fraction of sp³-hybridized carbons (Fsp3) is 0.611. The van der Waals surface area contributed by atoms with Crippen molar-refractivity contribution in [2.75, 3.05) is 6.61 Å². The van der Waals surface area contributed by atoms with Crippen LogP contribution in [0.4, 0.5) is 0 Å². The van der Waals surface area contributed by atoms with E-state index in [1.807, 2.05) is 18.2 Å². The summed E-state index contributed by atoms with van der Waals surface area (Å²) in [7, 11) is 0. The zero-order valence-corrected chi connectivity index (χ0v) is 13.2. The van der Waals surface area contributed by atoms with E-state index in [-0.39, 0.29) is 12.5 Å². The molecule has 0 heterocycles. The standard InChI is InChI=1S/C18H27NO2/c1-14(2)15-8-7-11-17(12-15)21-13-18(20)19-16-9-5-3-4-6-10-16/h7-8,11-12,14,16H,3-6,9-10,13H2,1-2H3,(H,19,20). The molecule has 0 saturated heterocycles. The largest absolute Gasteiger partial charge is 0.484 e. The predicted molar refractivity (Wildman–Crippen MR) is 85.7 cm³/mol. The SMILES string of the molecule is CC(C)c1cccc(OCC(=O)NC2CCCCCC2)c1. The topological polar surface area (TPSA) is 38.3 Å². The average molecular weight is 289 g/mol. The Balaban J connectivity index is 1.79. The first-order valence-corrected chi connectivity index (χ1v) is 8.17. The van der Waals surface area contributed by atoms with E-state index in [1.165, 1.54) is 31.2 Å². The molecule has 1 fully saturated rings. The molecule has 0 radical (unpaired) electrons. The maximum Gasteiger partial charge on any atom is 0.258 e. The molecule has 0 spiro atoms. The molecule has 0 atom stereocenters. The lowest BCUT2D eigenvalue weighted by atomic mass is 10.0. The molecule has 1 aliphatic rings. The molecule has 0 aliphatic heterocycles. The normalized spacial score (nSPS) is 16.5. The van der Waals surface area contributed by atoms with Crippen LogP contribution in [-0.4, -0.2) is 18.6 Å². The summed E-state index contributed by atoms with van der Waals surface area (Å²) in [6, 6.07) is 8.33. The van der Waals surface area contributed by atoms with Gasteiger partial charge in [0.15, 0.2) is 6.61 Å². The van der Waals surface area contributed by atoms with Crippen LogP contribution in [0.2, 0.25) is 0 Å². The molecular formula is C18H27NO2. The maximum atomic E-state index is 12.0. The van der Waals surface area contributed by atoms with Crippen molar-refractivity contribution < 1.29 is 9.53 Å². The van der Waals surface area contributed by atoms with Gasteiger partial charge < -0.3 is 10.1 Å². The Morgan fingerprint density at radius 1 is 1.24 bits per heavy atom. The van der Waals surface area contributed by atoms with Gasteiger partial charge in [-0.25, -0.2) is 0 Å². The first-order chi connectivity index (χ1) is 10.1. The summed E-state index contributed by atoms with van der Waals surface area (Å²) < 4.78 is 5.62. The Bertz CT molecular complexity index is 448. The van der Waals surface area contributed by atoms with Gasteiger partial charge in [-0.1, -0.05) is 51.7 Å². The Hall–Kier alpha value is -1.51. The smallest absolute Gasteiger partial charge is 0.258 e. The third-order valence-corrected chi connectivity index (χ3v) is 4.11. The fourth-order valence-corrected chi connectivity index (χ4v) is 2.81. The van der Waals surface area contributed by atoms with Gasteiger partial charge in [0.05, 0.1) is 0 Å². The Kier molecular flexibility index (Phi) is 6.09. The molecule has 21 heavy (non-hydrogen) atoms. The summed E-state index contributed by atoms with van der Waals surface area (Å²) in [5.41, 5.74) is 1.23. The van der Waals surface area contributed by atoms with Crippen LogP contribution in [0.15, 0.2) is 24.3 Å². The van der Waals surface area contributed by atoms with Crippen molar-refractivity contribution in [3.63, 3.8) is 0 Å². The highest BCUT2D eigenvalue weighted by molar-refractivity contribution is 5.77. The highest BCUT2D eigenvalue weighted by atomic mass is 16.5. The number of rotatable bonds is 5. The molecule has 1 saturated carbocycles. The van der Waals surface area contributed by atoms with Gasteiger partial charge in [0.25, 0.3) is 5.91 Å². The Labute approximate surface area is 128 Å². The van der Waals surface area contributed by atoms with E-state index < -0.39 is 0 Å². The molecule has 1 N–H and O–H groups in total. The van der Waals surface area contributed by atoms with Crippen LogP contribution in [0, 0.1) is 0 Å². The predicted octanol–water partition coefficient (Wildman–Crippen LogP) is 4.03.